The molecule has 3 heteroatoms. The third kappa shape index (κ3) is 2.42. The van der Waals surface area contributed by atoms with Gasteiger partial charge in [0.2, 0.25) is 5.91 Å². The number of amides is 1. The highest BCUT2D eigenvalue weighted by Gasteiger charge is 2.41. The second kappa shape index (κ2) is 4.76. The standard InChI is InChI=1S/C16H26N2O/c19-16(12-3-4-12)18-7-5-14(6-8-18)17-15-10-11-1-2-13(15)9-11/h11-15,17H,1-10H2. The van der Waals surface area contributed by atoms with Crippen LogP contribution in [0.3, 0.4) is 0 Å². The summed E-state index contributed by atoms with van der Waals surface area (Å²) in [6.45, 7) is 1.99. The summed E-state index contributed by atoms with van der Waals surface area (Å²) in [5.41, 5.74) is 0. The van der Waals surface area contributed by atoms with E-state index in [2.05, 4.69) is 10.2 Å². The van der Waals surface area contributed by atoms with Gasteiger partial charge in [0.15, 0.2) is 0 Å². The monoisotopic (exact) mass is 262 g/mol. The van der Waals surface area contributed by atoms with E-state index in [-0.39, 0.29) is 0 Å². The summed E-state index contributed by atoms with van der Waals surface area (Å²) in [5.74, 6) is 2.84. The number of carbonyl (C=O) groups excluding carboxylic acids is 1. The van der Waals surface area contributed by atoms with Crippen molar-refractivity contribution in [2.24, 2.45) is 17.8 Å². The van der Waals surface area contributed by atoms with Crippen molar-refractivity contribution in [3.05, 3.63) is 0 Å². The average molecular weight is 262 g/mol. The predicted molar refractivity (Wildman–Crippen MR) is 74.7 cm³/mol. The van der Waals surface area contributed by atoms with Gasteiger partial charge in [-0.3, -0.25) is 4.79 Å². The lowest BCUT2D eigenvalue weighted by atomic mass is 9.93. The Morgan fingerprint density at radius 2 is 1.74 bits per heavy atom. The number of fused-ring (bicyclic) bond motifs is 2. The van der Waals surface area contributed by atoms with Crippen LogP contribution in [-0.2, 0) is 4.79 Å². The molecule has 0 spiro atoms. The highest BCUT2D eigenvalue weighted by molar-refractivity contribution is 5.81. The largest absolute Gasteiger partial charge is 0.342 e. The summed E-state index contributed by atoms with van der Waals surface area (Å²) in [6, 6.07) is 1.47. The van der Waals surface area contributed by atoms with E-state index in [1.807, 2.05) is 0 Å². The summed E-state index contributed by atoms with van der Waals surface area (Å²) in [4.78, 5) is 14.1. The second-order valence-corrected chi connectivity index (χ2v) is 7.32. The first-order valence-electron chi connectivity index (χ1n) is 8.34. The van der Waals surface area contributed by atoms with E-state index in [0.29, 0.717) is 17.9 Å². The normalized spacial score (nSPS) is 38.9. The van der Waals surface area contributed by atoms with Crippen LogP contribution in [0, 0.1) is 17.8 Å². The Morgan fingerprint density at radius 1 is 0.947 bits per heavy atom. The van der Waals surface area contributed by atoms with Crippen LogP contribution in [0.2, 0.25) is 0 Å². The van der Waals surface area contributed by atoms with Gasteiger partial charge in [-0.25, -0.2) is 0 Å². The Bertz CT molecular complexity index is 358. The zero-order chi connectivity index (χ0) is 12.8. The number of nitrogens with one attached hydrogen (secondary N) is 1. The minimum Gasteiger partial charge on any atom is -0.342 e. The van der Waals surface area contributed by atoms with Gasteiger partial charge in [0.1, 0.15) is 0 Å². The number of carbonyl (C=O) groups is 1. The van der Waals surface area contributed by atoms with E-state index in [9.17, 15) is 4.79 Å². The molecule has 0 aromatic carbocycles. The Kier molecular flexibility index (Phi) is 3.06. The van der Waals surface area contributed by atoms with Gasteiger partial charge in [-0.1, -0.05) is 6.42 Å². The average Bonchev–Trinajstić information content (AvgIpc) is 3.09. The molecule has 3 aliphatic carbocycles. The Labute approximate surface area is 116 Å². The first-order valence-corrected chi connectivity index (χ1v) is 8.34. The number of nitrogens with zero attached hydrogens (tertiary/aromatic N) is 1. The lowest BCUT2D eigenvalue weighted by Crippen LogP contribution is -2.49. The van der Waals surface area contributed by atoms with Crippen molar-refractivity contribution in [1.82, 2.24) is 10.2 Å². The van der Waals surface area contributed by atoms with Crippen molar-refractivity contribution in [2.75, 3.05) is 13.1 Å². The van der Waals surface area contributed by atoms with Crippen molar-refractivity contribution in [2.45, 2.75) is 63.5 Å². The molecule has 2 bridgehead atoms. The summed E-state index contributed by atoms with van der Waals surface area (Å²) in [7, 11) is 0. The zero-order valence-corrected chi connectivity index (χ0v) is 11.8. The van der Waals surface area contributed by atoms with Gasteiger partial charge in [-0.2, -0.15) is 0 Å². The van der Waals surface area contributed by atoms with E-state index in [1.165, 1.54) is 38.5 Å². The van der Waals surface area contributed by atoms with Crippen LogP contribution >= 0.6 is 0 Å². The van der Waals surface area contributed by atoms with Gasteiger partial charge in [0.25, 0.3) is 0 Å². The summed E-state index contributed by atoms with van der Waals surface area (Å²) in [6.07, 6.45) is 10.5. The third-order valence-corrected chi connectivity index (χ3v) is 5.92. The maximum atomic E-state index is 12.0. The maximum absolute atomic E-state index is 12.0. The summed E-state index contributed by atoms with van der Waals surface area (Å²) in [5, 5.41) is 3.92. The van der Waals surface area contributed by atoms with Gasteiger partial charge in [-0.05, 0) is 56.8 Å². The number of hydrogen-bond donors (Lipinski definition) is 1. The second-order valence-electron chi connectivity index (χ2n) is 7.32. The van der Waals surface area contributed by atoms with Crippen LogP contribution in [0.15, 0.2) is 0 Å². The summed E-state index contributed by atoms with van der Waals surface area (Å²) >= 11 is 0. The SMILES string of the molecule is O=C(C1CC1)N1CCC(NC2CC3CCC2C3)CC1. The van der Waals surface area contributed by atoms with Crippen LogP contribution in [0.5, 0.6) is 0 Å². The molecule has 1 saturated heterocycles. The Hall–Kier alpha value is -0.570. The first-order chi connectivity index (χ1) is 9.29. The van der Waals surface area contributed by atoms with Crippen molar-refractivity contribution >= 4 is 5.91 Å². The van der Waals surface area contributed by atoms with Crippen molar-refractivity contribution < 1.29 is 4.79 Å². The molecule has 106 valence electrons. The quantitative estimate of drug-likeness (QED) is 0.845. The fourth-order valence-corrected chi connectivity index (χ4v) is 4.61. The predicted octanol–water partition coefficient (Wildman–Crippen LogP) is 2.17. The highest BCUT2D eigenvalue weighted by atomic mass is 16.2. The highest BCUT2D eigenvalue weighted by Crippen LogP contribution is 2.44. The molecule has 4 rings (SSSR count). The van der Waals surface area contributed by atoms with E-state index < -0.39 is 0 Å². The Balaban J connectivity index is 1.25. The van der Waals surface area contributed by atoms with E-state index >= 15 is 0 Å². The van der Waals surface area contributed by atoms with Crippen LogP contribution in [-0.4, -0.2) is 36.0 Å². The molecule has 19 heavy (non-hydrogen) atoms. The molecule has 0 radical (unpaired) electrons. The number of rotatable bonds is 3. The van der Waals surface area contributed by atoms with Gasteiger partial charge in [-0.15, -0.1) is 0 Å². The lowest BCUT2D eigenvalue weighted by Gasteiger charge is -2.35. The van der Waals surface area contributed by atoms with Gasteiger partial charge in [0, 0.05) is 31.1 Å². The van der Waals surface area contributed by atoms with Gasteiger partial charge in [0.05, 0.1) is 0 Å². The Morgan fingerprint density at radius 3 is 2.32 bits per heavy atom. The molecule has 3 nitrogen and oxygen atoms in total. The third-order valence-electron chi connectivity index (χ3n) is 5.92. The molecular weight excluding hydrogens is 236 g/mol. The minimum absolute atomic E-state index is 0.398. The maximum Gasteiger partial charge on any atom is 0.225 e. The molecule has 4 fully saturated rings. The molecule has 3 saturated carbocycles. The van der Waals surface area contributed by atoms with Gasteiger partial charge >= 0.3 is 0 Å². The summed E-state index contributed by atoms with van der Waals surface area (Å²) < 4.78 is 0. The number of piperidine rings is 1. The first kappa shape index (κ1) is 12.2. The molecule has 4 aliphatic rings. The molecule has 1 N–H and O–H groups in total. The molecule has 0 aromatic heterocycles. The van der Waals surface area contributed by atoms with E-state index in [4.69, 9.17) is 0 Å². The van der Waals surface area contributed by atoms with Crippen LogP contribution in [0.25, 0.3) is 0 Å². The van der Waals surface area contributed by atoms with Crippen LogP contribution in [0.4, 0.5) is 0 Å². The van der Waals surface area contributed by atoms with Crippen molar-refractivity contribution in [1.29, 1.82) is 0 Å². The van der Waals surface area contributed by atoms with Crippen molar-refractivity contribution in [3.63, 3.8) is 0 Å². The minimum atomic E-state index is 0.398. The van der Waals surface area contributed by atoms with Crippen LogP contribution in [0.1, 0.15) is 51.4 Å². The number of likely N-dealkylation sites (tertiary alicyclic amines) is 1. The molecule has 1 aliphatic heterocycles. The molecule has 0 aromatic rings. The fraction of sp³-hybridized carbons (Fsp3) is 0.938. The molecule has 1 amide bonds. The fourth-order valence-electron chi connectivity index (χ4n) is 4.61. The smallest absolute Gasteiger partial charge is 0.225 e. The molecule has 3 atom stereocenters. The molecular formula is C16H26N2O. The van der Waals surface area contributed by atoms with E-state index in [1.54, 1.807) is 0 Å². The van der Waals surface area contributed by atoms with Gasteiger partial charge < -0.3 is 10.2 Å². The van der Waals surface area contributed by atoms with E-state index in [0.717, 1.165) is 43.8 Å². The topological polar surface area (TPSA) is 32.3 Å². The van der Waals surface area contributed by atoms with Crippen molar-refractivity contribution in [3.8, 4) is 0 Å². The zero-order valence-electron chi connectivity index (χ0n) is 11.8. The molecule has 1 heterocycles. The lowest BCUT2D eigenvalue weighted by molar-refractivity contribution is -0.133. The number of hydrogen-bond acceptors (Lipinski definition) is 2. The molecule has 3 unspecified atom stereocenters. The van der Waals surface area contributed by atoms with Crippen LogP contribution < -0.4 is 5.32 Å².